The summed E-state index contributed by atoms with van der Waals surface area (Å²) in [5, 5.41) is 13.3. The molecule has 1 aliphatic carbocycles. The number of benzene rings is 1. The van der Waals surface area contributed by atoms with Gasteiger partial charge < -0.3 is 19.9 Å². The number of aliphatic hydroxyl groups is 1. The van der Waals surface area contributed by atoms with Crippen molar-refractivity contribution in [3.63, 3.8) is 0 Å². The molecule has 0 bridgehead atoms. The standard InChI is InChI=1S/C22H30N2O5/c1-4-5-16-6-7-18(19(12-16)28-3)29-14-17(25)13-24-20(26)22(23-21(24)27)10-8-15(2)9-11-22/h4-7,12,15,17,25H,8-11,13-14H2,1-3H3,(H,23,27)/b5-4+. The zero-order chi connectivity index (χ0) is 21.0. The van der Waals surface area contributed by atoms with Crippen LogP contribution in [0.5, 0.6) is 11.5 Å². The molecule has 1 aromatic carbocycles. The van der Waals surface area contributed by atoms with Crippen molar-refractivity contribution >= 4 is 18.0 Å². The predicted molar refractivity (Wildman–Crippen MR) is 110 cm³/mol. The van der Waals surface area contributed by atoms with Crippen molar-refractivity contribution < 1.29 is 24.2 Å². The third kappa shape index (κ3) is 4.56. The van der Waals surface area contributed by atoms with Crippen molar-refractivity contribution in [1.82, 2.24) is 10.2 Å². The highest BCUT2D eigenvalue weighted by Crippen LogP contribution is 2.36. The summed E-state index contributed by atoms with van der Waals surface area (Å²) in [7, 11) is 1.55. The molecule has 158 valence electrons. The van der Waals surface area contributed by atoms with E-state index in [1.54, 1.807) is 13.2 Å². The monoisotopic (exact) mass is 402 g/mol. The van der Waals surface area contributed by atoms with E-state index in [2.05, 4.69) is 12.2 Å². The number of amides is 3. The smallest absolute Gasteiger partial charge is 0.325 e. The lowest BCUT2D eigenvalue weighted by molar-refractivity contribution is -0.133. The van der Waals surface area contributed by atoms with Crippen molar-refractivity contribution in [1.29, 1.82) is 0 Å². The second-order valence-corrected chi connectivity index (χ2v) is 7.99. The molecule has 3 rings (SSSR count). The van der Waals surface area contributed by atoms with Gasteiger partial charge in [0.2, 0.25) is 0 Å². The predicted octanol–water partition coefficient (Wildman–Crippen LogP) is 2.97. The van der Waals surface area contributed by atoms with Gasteiger partial charge in [-0.25, -0.2) is 4.79 Å². The average Bonchev–Trinajstić information content (AvgIpc) is 2.93. The molecular formula is C22H30N2O5. The minimum Gasteiger partial charge on any atom is -0.493 e. The summed E-state index contributed by atoms with van der Waals surface area (Å²) in [6, 6.07) is 5.06. The van der Waals surface area contributed by atoms with E-state index in [-0.39, 0.29) is 19.1 Å². The van der Waals surface area contributed by atoms with Gasteiger partial charge in [0.1, 0.15) is 18.2 Å². The van der Waals surface area contributed by atoms with Crippen LogP contribution in [0.2, 0.25) is 0 Å². The Morgan fingerprint density at radius 2 is 2.03 bits per heavy atom. The Bertz CT molecular complexity index is 783. The van der Waals surface area contributed by atoms with Crippen molar-refractivity contribution in [2.45, 2.75) is 51.2 Å². The summed E-state index contributed by atoms with van der Waals surface area (Å²) in [6.07, 6.45) is 6.00. The van der Waals surface area contributed by atoms with Gasteiger partial charge in [-0.05, 0) is 56.2 Å². The van der Waals surface area contributed by atoms with E-state index >= 15 is 0 Å². The van der Waals surface area contributed by atoms with Crippen LogP contribution in [0.1, 0.15) is 45.1 Å². The van der Waals surface area contributed by atoms with Crippen LogP contribution in [0.15, 0.2) is 24.3 Å². The molecule has 7 nitrogen and oxygen atoms in total. The van der Waals surface area contributed by atoms with E-state index < -0.39 is 17.7 Å². The van der Waals surface area contributed by atoms with E-state index in [0.717, 1.165) is 23.3 Å². The maximum Gasteiger partial charge on any atom is 0.325 e. The molecule has 0 aromatic heterocycles. The number of hydrogen-bond donors (Lipinski definition) is 2. The molecule has 1 saturated carbocycles. The fourth-order valence-corrected chi connectivity index (χ4v) is 3.98. The Morgan fingerprint density at radius 3 is 2.69 bits per heavy atom. The second kappa shape index (κ2) is 8.86. The fourth-order valence-electron chi connectivity index (χ4n) is 3.98. The van der Waals surface area contributed by atoms with Crippen LogP contribution >= 0.6 is 0 Å². The zero-order valence-electron chi connectivity index (χ0n) is 17.3. The minimum absolute atomic E-state index is 0.0551. The van der Waals surface area contributed by atoms with Crippen LogP contribution in [-0.4, -0.2) is 53.8 Å². The maximum absolute atomic E-state index is 12.9. The van der Waals surface area contributed by atoms with Gasteiger partial charge in [-0.1, -0.05) is 25.1 Å². The first-order valence-corrected chi connectivity index (χ1v) is 10.1. The Kier molecular flexibility index (Phi) is 6.47. The Hall–Kier alpha value is -2.54. The number of rotatable bonds is 7. The second-order valence-electron chi connectivity index (χ2n) is 7.99. The minimum atomic E-state index is -0.998. The molecular weight excluding hydrogens is 372 g/mol. The molecule has 1 aliphatic heterocycles. The SMILES string of the molecule is C/C=C/c1ccc(OCC(O)CN2C(=O)NC3(CCC(C)CC3)C2=O)c(OC)c1. The molecule has 7 heteroatoms. The molecule has 2 N–H and O–H groups in total. The van der Waals surface area contributed by atoms with Gasteiger partial charge in [0.05, 0.1) is 13.7 Å². The maximum atomic E-state index is 12.9. The van der Waals surface area contributed by atoms with Crippen LogP contribution in [0.3, 0.4) is 0 Å². The molecule has 2 aliphatic rings. The molecule has 1 saturated heterocycles. The van der Waals surface area contributed by atoms with Crippen molar-refractivity contribution in [3.8, 4) is 11.5 Å². The molecule has 1 heterocycles. The number of allylic oxidation sites excluding steroid dienone is 1. The van der Waals surface area contributed by atoms with Crippen LogP contribution in [0.25, 0.3) is 6.08 Å². The number of ether oxygens (including phenoxy) is 2. The summed E-state index contributed by atoms with van der Waals surface area (Å²) in [6.45, 7) is 3.94. The third-order valence-electron chi connectivity index (χ3n) is 5.75. The lowest BCUT2D eigenvalue weighted by Crippen LogP contribution is -2.49. The number of carbonyl (C=O) groups is 2. The topological polar surface area (TPSA) is 88.1 Å². The van der Waals surface area contributed by atoms with Crippen molar-refractivity contribution in [3.05, 3.63) is 29.8 Å². The fraction of sp³-hybridized carbons (Fsp3) is 0.545. The first kappa shape index (κ1) is 21.2. The summed E-state index contributed by atoms with van der Waals surface area (Å²) >= 11 is 0. The number of urea groups is 1. The van der Waals surface area contributed by atoms with Crippen LogP contribution in [-0.2, 0) is 4.79 Å². The van der Waals surface area contributed by atoms with E-state index in [9.17, 15) is 14.7 Å². The summed E-state index contributed by atoms with van der Waals surface area (Å²) in [5.74, 6) is 1.38. The Balaban J connectivity index is 1.59. The van der Waals surface area contributed by atoms with Crippen molar-refractivity contribution in [2.75, 3.05) is 20.3 Å². The summed E-state index contributed by atoms with van der Waals surface area (Å²) in [4.78, 5) is 26.4. The van der Waals surface area contributed by atoms with E-state index in [4.69, 9.17) is 9.47 Å². The zero-order valence-corrected chi connectivity index (χ0v) is 17.3. The van der Waals surface area contributed by atoms with Gasteiger partial charge in [0.25, 0.3) is 5.91 Å². The molecule has 3 amide bonds. The van der Waals surface area contributed by atoms with Gasteiger partial charge in [-0.15, -0.1) is 0 Å². The molecule has 2 fully saturated rings. The van der Waals surface area contributed by atoms with E-state index in [0.29, 0.717) is 30.3 Å². The van der Waals surface area contributed by atoms with Gasteiger partial charge in [0, 0.05) is 0 Å². The molecule has 1 spiro atoms. The molecule has 0 radical (unpaired) electrons. The lowest BCUT2D eigenvalue weighted by atomic mass is 9.77. The third-order valence-corrected chi connectivity index (χ3v) is 5.75. The van der Waals surface area contributed by atoms with Gasteiger partial charge >= 0.3 is 6.03 Å². The molecule has 1 atom stereocenters. The molecule has 1 unspecified atom stereocenters. The van der Waals surface area contributed by atoms with Crippen LogP contribution in [0.4, 0.5) is 4.79 Å². The Morgan fingerprint density at radius 1 is 1.31 bits per heavy atom. The first-order valence-electron chi connectivity index (χ1n) is 10.1. The number of imide groups is 1. The van der Waals surface area contributed by atoms with Crippen molar-refractivity contribution in [2.24, 2.45) is 5.92 Å². The lowest BCUT2D eigenvalue weighted by Gasteiger charge is -2.33. The van der Waals surface area contributed by atoms with E-state index in [1.807, 2.05) is 31.2 Å². The van der Waals surface area contributed by atoms with Gasteiger partial charge in [-0.3, -0.25) is 9.69 Å². The highest BCUT2D eigenvalue weighted by molar-refractivity contribution is 6.07. The number of methoxy groups -OCH3 is 1. The summed E-state index contributed by atoms with van der Waals surface area (Å²) in [5.41, 5.74) is 0.180. The number of β-amino-alcohol motifs (C(OH)–C–C–N with tert-alkyl or cyclic N) is 1. The first-order chi connectivity index (χ1) is 13.9. The molecule has 29 heavy (non-hydrogen) atoms. The van der Waals surface area contributed by atoms with Crippen LogP contribution < -0.4 is 14.8 Å². The number of nitrogens with one attached hydrogen (secondary N) is 1. The molecule has 1 aromatic rings. The largest absolute Gasteiger partial charge is 0.493 e. The number of aliphatic hydroxyl groups excluding tert-OH is 1. The summed E-state index contributed by atoms with van der Waals surface area (Å²) < 4.78 is 11.0. The van der Waals surface area contributed by atoms with Crippen LogP contribution in [0, 0.1) is 5.92 Å². The normalized spacial score (nSPS) is 25.5. The van der Waals surface area contributed by atoms with Gasteiger partial charge in [0.15, 0.2) is 11.5 Å². The number of nitrogens with zero attached hydrogens (tertiary/aromatic N) is 1. The number of hydrogen-bond acceptors (Lipinski definition) is 5. The highest BCUT2D eigenvalue weighted by Gasteiger charge is 2.52. The quantitative estimate of drug-likeness (QED) is 0.685. The number of carbonyl (C=O) groups excluding carboxylic acids is 2. The average molecular weight is 402 g/mol. The van der Waals surface area contributed by atoms with E-state index in [1.165, 1.54) is 0 Å². The Labute approximate surface area is 171 Å². The highest BCUT2D eigenvalue weighted by atomic mass is 16.5. The van der Waals surface area contributed by atoms with Gasteiger partial charge in [-0.2, -0.15) is 0 Å².